The quantitative estimate of drug-likeness (QED) is 0.474. The monoisotopic (exact) mass is 431 g/mol. The Labute approximate surface area is 182 Å². The van der Waals surface area contributed by atoms with E-state index in [4.69, 9.17) is 18.9 Å². The number of nitro benzene ring substituents is 1. The van der Waals surface area contributed by atoms with Gasteiger partial charge in [-0.1, -0.05) is 0 Å². The summed E-state index contributed by atoms with van der Waals surface area (Å²) in [6.45, 7) is 2.62. The molecular formula is C22H29N3O6. The second kappa shape index (κ2) is 10.2. The van der Waals surface area contributed by atoms with Gasteiger partial charge in [0.05, 0.1) is 45.1 Å². The summed E-state index contributed by atoms with van der Waals surface area (Å²) in [4.78, 5) is 12.9. The molecule has 9 nitrogen and oxygen atoms in total. The van der Waals surface area contributed by atoms with Crippen LogP contribution in [-0.2, 0) is 6.54 Å². The molecule has 2 aromatic rings. The van der Waals surface area contributed by atoms with Crippen molar-refractivity contribution in [3.8, 4) is 23.0 Å². The largest absolute Gasteiger partial charge is 0.494 e. The van der Waals surface area contributed by atoms with E-state index in [1.165, 1.54) is 19.2 Å². The number of nitro groups is 1. The van der Waals surface area contributed by atoms with Gasteiger partial charge in [0.25, 0.3) is 5.69 Å². The molecule has 0 saturated carbocycles. The molecule has 0 bridgehead atoms. The number of benzene rings is 2. The number of nitrogens with zero attached hydrogens (tertiary/aromatic N) is 2. The molecule has 0 amide bonds. The van der Waals surface area contributed by atoms with Gasteiger partial charge < -0.3 is 24.3 Å². The van der Waals surface area contributed by atoms with E-state index in [9.17, 15) is 10.1 Å². The van der Waals surface area contributed by atoms with Crippen LogP contribution in [0.15, 0.2) is 30.3 Å². The normalized spacial score (nSPS) is 14.7. The first-order chi connectivity index (χ1) is 15.0. The summed E-state index contributed by atoms with van der Waals surface area (Å²) in [6, 6.07) is 8.87. The fourth-order valence-electron chi connectivity index (χ4n) is 3.85. The average Bonchev–Trinajstić information content (AvgIpc) is 2.79. The Hall–Kier alpha value is -3.20. The minimum atomic E-state index is -0.423. The lowest BCUT2D eigenvalue weighted by Crippen LogP contribution is -2.38. The Morgan fingerprint density at radius 1 is 0.968 bits per heavy atom. The first-order valence-corrected chi connectivity index (χ1v) is 10.1. The highest BCUT2D eigenvalue weighted by atomic mass is 16.6. The Kier molecular flexibility index (Phi) is 7.41. The van der Waals surface area contributed by atoms with Crippen molar-refractivity contribution in [2.45, 2.75) is 25.4 Å². The first-order valence-electron chi connectivity index (χ1n) is 10.1. The molecule has 0 atom stereocenters. The molecule has 31 heavy (non-hydrogen) atoms. The number of non-ortho nitro benzene ring substituents is 1. The van der Waals surface area contributed by atoms with Crippen LogP contribution in [0, 0.1) is 10.1 Å². The molecule has 1 heterocycles. The van der Waals surface area contributed by atoms with Crippen molar-refractivity contribution in [2.75, 3.05) is 46.8 Å². The van der Waals surface area contributed by atoms with E-state index in [1.807, 2.05) is 12.1 Å². The smallest absolute Gasteiger partial charge is 0.273 e. The van der Waals surface area contributed by atoms with Crippen LogP contribution in [0.5, 0.6) is 23.0 Å². The summed E-state index contributed by atoms with van der Waals surface area (Å²) >= 11 is 0. The number of hydrogen-bond donors (Lipinski definition) is 1. The molecule has 1 aliphatic heterocycles. The summed E-state index contributed by atoms with van der Waals surface area (Å²) in [7, 11) is 6.34. The lowest BCUT2D eigenvalue weighted by Gasteiger charge is -2.33. The zero-order valence-electron chi connectivity index (χ0n) is 18.3. The molecule has 1 aliphatic rings. The van der Waals surface area contributed by atoms with Crippen LogP contribution in [0.25, 0.3) is 0 Å². The maximum Gasteiger partial charge on any atom is 0.273 e. The Morgan fingerprint density at radius 3 is 2.10 bits per heavy atom. The highest BCUT2D eigenvalue weighted by molar-refractivity contribution is 5.61. The predicted molar refractivity (Wildman–Crippen MR) is 118 cm³/mol. The minimum absolute atomic E-state index is 0.0163. The van der Waals surface area contributed by atoms with E-state index in [2.05, 4.69) is 10.2 Å². The molecule has 9 heteroatoms. The molecule has 2 aromatic carbocycles. The molecule has 1 N–H and O–H groups in total. The van der Waals surface area contributed by atoms with Crippen LogP contribution in [0.2, 0.25) is 0 Å². The Bertz CT molecular complexity index is 887. The van der Waals surface area contributed by atoms with Crippen LogP contribution in [0.1, 0.15) is 18.4 Å². The number of rotatable bonds is 9. The predicted octanol–water partition coefficient (Wildman–Crippen LogP) is 3.71. The number of methoxy groups -OCH3 is 4. The number of likely N-dealkylation sites (tertiary alicyclic amines) is 1. The summed E-state index contributed by atoms with van der Waals surface area (Å²) in [5.41, 5.74) is 1.89. The van der Waals surface area contributed by atoms with Crippen molar-refractivity contribution >= 4 is 11.4 Å². The zero-order chi connectivity index (χ0) is 22.4. The topological polar surface area (TPSA) is 95.3 Å². The molecule has 168 valence electrons. The van der Waals surface area contributed by atoms with Crippen LogP contribution < -0.4 is 24.3 Å². The molecule has 1 fully saturated rings. The maximum atomic E-state index is 11.0. The summed E-state index contributed by atoms with van der Waals surface area (Å²) < 4.78 is 21.6. The van der Waals surface area contributed by atoms with Gasteiger partial charge >= 0.3 is 0 Å². The van der Waals surface area contributed by atoms with E-state index in [1.54, 1.807) is 27.4 Å². The third kappa shape index (κ3) is 5.29. The van der Waals surface area contributed by atoms with E-state index < -0.39 is 4.92 Å². The number of piperidine rings is 1. The molecule has 0 unspecified atom stereocenters. The van der Waals surface area contributed by atoms with Crippen molar-refractivity contribution in [1.82, 2.24) is 4.90 Å². The van der Waals surface area contributed by atoms with Gasteiger partial charge in [0.1, 0.15) is 5.75 Å². The first kappa shape index (κ1) is 22.5. The summed E-state index contributed by atoms with van der Waals surface area (Å²) in [5.74, 6) is 2.38. The minimum Gasteiger partial charge on any atom is -0.494 e. The Morgan fingerprint density at radius 2 is 1.58 bits per heavy atom. The van der Waals surface area contributed by atoms with Crippen LogP contribution >= 0.6 is 0 Å². The van der Waals surface area contributed by atoms with Crippen molar-refractivity contribution in [1.29, 1.82) is 0 Å². The van der Waals surface area contributed by atoms with Crippen molar-refractivity contribution in [3.63, 3.8) is 0 Å². The molecule has 1 saturated heterocycles. The number of ether oxygens (including phenoxy) is 4. The lowest BCUT2D eigenvalue weighted by molar-refractivity contribution is -0.384. The molecule has 3 rings (SSSR count). The standard InChI is InChI=1S/C22H29N3O6/c1-28-19-13-17(25(26)27)5-6-18(19)23-16-7-9-24(10-8-16)14-15-11-20(29-2)22(31-4)21(12-15)30-3/h5-6,11-13,16,23H,7-10,14H2,1-4H3. The third-order valence-corrected chi connectivity index (χ3v) is 5.47. The molecule has 0 radical (unpaired) electrons. The molecule has 0 aliphatic carbocycles. The molecule has 0 spiro atoms. The van der Waals surface area contributed by atoms with Crippen LogP contribution in [0.4, 0.5) is 11.4 Å². The zero-order valence-corrected chi connectivity index (χ0v) is 18.3. The highest BCUT2D eigenvalue weighted by Crippen LogP contribution is 2.38. The number of anilines is 1. The van der Waals surface area contributed by atoms with Gasteiger partial charge in [-0.05, 0) is 36.6 Å². The summed E-state index contributed by atoms with van der Waals surface area (Å²) in [5, 5.41) is 14.4. The third-order valence-electron chi connectivity index (χ3n) is 5.47. The summed E-state index contributed by atoms with van der Waals surface area (Å²) in [6.07, 6.45) is 1.90. The van der Waals surface area contributed by atoms with E-state index >= 15 is 0 Å². The van der Waals surface area contributed by atoms with Crippen molar-refractivity contribution in [2.24, 2.45) is 0 Å². The fraction of sp³-hybridized carbons (Fsp3) is 0.455. The van der Waals surface area contributed by atoms with Gasteiger partial charge in [-0.3, -0.25) is 15.0 Å². The highest BCUT2D eigenvalue weighted by Gasteiger charge is 2.22. The number of nitrogens with one attached hydrogen (secondary N) is 1. The van der Waals surface area contributed by atoms with E-state index in [0.717, 1.165) is 43.7 Å². The second-order valence-electron chi connectivity index (χ2n) is 7.37. The molecular weight excluding hydrogens is 402 g/mol. The van der Waals surface area contributed by atoms with Gasteiger partial charge in [0.2, 0.25) is 5.75 Å². The average molecular weight is 431 g/mol. The second-order valence-corrected chi connectivity index (χ2v) is 7.37. The van der Waals surface area contributed by atoms with Gasteiger partial charge in [-0.15, -0.1) is 0 Å². The van der Waals surface area contributed by atoms with Crippen LogP contribution in [-0.4, -0.2) is 57.4 Å². The lowest BCUT2D eigenvalue weighted by atomic mass is 10.0. The maximum absolute atomic E-state index is 11.0. The van der Waals surface area contributed by atoms with Gasteiger partial charge in [0, 0.05) is 31.7 Å². The molecule has 0 aromatic heterocycles. The van der Waals surface area contributed by atoms with Gasteiger partial charge in [-0.2, -0.15) is 0 Å². The van der Waals surface area contributed by atoms with E-state index in [0.29, 0.717) is 23.0 Å². The van der Waals surface area contributed by atoms with Crippen molar-refractivity contribution in [3.05, 3.63) is 46.0 Å². The van der Waals surface area contributed by atoms with Crippen LogP contribution in [0.3, 0.4) is 0 Å². The van der Waals surface area contributed by atoms with E-state index in [-0.39, 0.29) is 11.7 Å². The van der Waals surface area contributed by atoms with Gasteiger partial charge in [-0.25, -0.2) is 0 Å². The van der Waals surface area contributed by atoms with Crippen molar-refractivity contribution < 1.29 is 23.9 Å². The fourth-order valence-corrected chi connectivity index (χ4v) is 3.85. The Balaban J connectivity index is 1.61. The van der Waals surface area contributed by atoms with Gasteiger partial charge in [0.15, 0.2) is 11.5 Å². The SMILES string of the molecule is COc1cc([N+](=O)[O-])ccc1NC1CCN(Cc2cc(OC)c(OC)c(OC)c2)CC1. The number of hydrogen-bond acceptors (Lipinski definition) is 8.